The molecule has 0 fully saturated rings. The van der Waals surface area contributed by atoms with Crippen molar-refractivity contribution in [3.63, 3.8) is 0 Å². The zero-order chi connectivity index (χ0) is 27.1. The van der Waals surface area contributed by atoms with Crippen LogP contribution in [0.4, 0.5) is 14.7 Å². The lowest BCUT2D eigenvalue weighted by atomic mass is 9.99. The number of nitrogens with one attached hydrogen (secondary N) is 2. The molecule has 2 aromatic carbocycles. The summed E-state index contributed by atoms with van der Waals surface area (Å²) in [6.45, 7) is 1.41. The Hall–Kier alpha value is -3.84. The molecule has 4 aromatic rings. The van der Waals surface area contributed by atoms with E-state index in [0.29, 0.717) is 29.3 Å². The molecule has 2 unspecified atom stereocenters. The summed E-state index contributed by atoms with van der Waals surface area (Å²) >= 11 is -2.73. The van der Waals surface area contributed by atoms with Crippen molar-refractivity contribution >= 4 is 17.2 Å². The van der Waals surface area contributed by atoms with E-state index in [1.165, 1.54) is 18.3 Å². The van der Waals surface area contributed by atoms with Crippen molar-refractivity contribution in [2.45, 2.75) is 6.04 Å². The van der Waals surface area contributed by atoms with E-state index in [0.717, 1.165) is 6.54 Å². The molecule has 0 bridgehead atoms. The van der Waals surface area contributed by atoms with Crippen LogP contribution in [0, 0.1) is 11.6 Å². The number of aromatic nitrogens is 3. The number of pyridine rings is 1. The van der Waals surface area contributed by atoms with E-state index in [1.807, 2.05) is 19.0 Å². The fourth-order valence-corrected chi connectivity index (χ4v) is 4.11. The number of likely N-dealkylation sites (N-methyl/N-ethyl adjacent to an activating group) is 1. The third-order valence-corrected chi connectivity index (χ3v) is 5.91. The van der Waals surface area contributed by atoms with Crippen LogP contribution in [0.1, 0.15) is 17.2 Å². The van der Waals surface area contributed by atoms with E-state index in [2.05, 4.69) is 25.0 Å². The third kappa shape index (κ3) is 6.72. The average molecular weight is 540 g/mol. The van der Waals surface area contributed by atoms with E-state index >= 15 is 8.78 Å². The van der Waals surface area contributed by atoms with Crippen LogP contribution in [0.2, 0.25) is 0 Å². The summed E-state index contributed by atoms with van der Waals surface area (Å²) in [7, 11) is 3.91. The monoisotopic (exact) mass is 539 g/mol. The minimum Gasteiger partial charge on any atom is -0.760 e. The maximum absolute atomic E-state index is 15.3. The van der Waals surface area contributed by atoms with Gasteiger partial charge >= 0.3 is 0 Å². The molecule has 4 rings (SSSR count). The molecule has 2 N–H and O–H groups in total. The SMILES string of the molecule is CN(C)CCNc1nccc(-c2cccnc2Oc2ccc(C(NS(=O)[O-])c3ccccc3)c(F)c2F)n1. The first-order valence-electron chi connectivity index (χ1n) is 11.6. The summed E-state index contributed by atoms with van der Waals surface area (Å²) in [5.41, 5.74) is 1.16. The first kappa shape index (κ1) is 27.2. The minimum atomic E-state index is -2.73. The number of halogens is 2. The Kier molecular flexibility index (Phi) is 9.02. The highest BCUT2D eigenvalue weighted by Crippen LogP contribution is 2.35. The first-order chi connectivity index (χ1) is 18.3. The number of rotatable bonds is 11. The lowest BCUT2D eigenvalue weighted by molar-refractivity contribution is 0.402. The Balaban J connectivity index is 1.63. The molecule has 0 radical (unpaired) electrons. The summed E-state index contributed by atoms with van der Waals surface area (Å²) < 4.78 is 61.1. The molecule has 0 aliphatic rings. The van der Waals surface area contributed by atoms with E-state index in [1.54, 1.807) is 54.7 Å². The smallest absolute Gasteiger partial charge is 0.228 e. The van der Waals surface area contributed by atoms with Crippen molar-refractivity contribution in [3.05, 3.63) is 95.8 Å². The molecule has 2 heterocycles. The Morgan fingerprint density at radius 2 is 1.79 bits per heavy atom. The fourth-order valence-electron chi connectivity index (χ4n) is 3.66. The summed E-state index contributed by atoms with van der Waals surface area (Å²) in [5, 5.41) is 3.13. The first-order valence-corrected chi connectivity index (χ1v) is 12.6. The number of benzene rings is 2. The van der Waals surface area contributed by atoms with Crippen LogP contribution in [0.5, 0.6) is 11.6 Å². The van der Waals surface area contributed by atoms with Crippen LogP contribution in [0.25, 0.3) is 11.3 Å². The number of hydrogen-bond acceptors (Lipinski definition) is 8. The van der Waals surface area contributed by atoms with E-state index in [-0.39, 0.29) is 11.4 Å². The van der Waals surface area contributed by atoms with Crippen LogP contribution in [0.3, 0.4) is 0 Å². The maximum atomic E-state index is 15.3. The van der Waals surface area contributed by atoms with Crippen molar-refractivity contribution in [3.8, 4) is 22.9 Å². The molecule has 0 aliphatic carbocycles. The number of ether oxygens (including phenoxy) is 1. The van der Waals surface area contributed by atoms with Gasteiger partial charge in [0.1, 0.15) is 0 Å². The normalized spacial score (nSPS) is 12.8. The molecule has 0 aliphatic heterocycles. The lowest BCUT2D eigenvalue weighted by Gasteiger charge is -2.22. The van der Waals surface area contributed by atoms with Crippen molar-refractivity contribution < 1.29 is 22.3 Å². The number of anilines is 1. The van der Waals surface area contributed by atoms with E-state index < -0.39 is 34.7 Å². The Morgan fingerprint density at radius 1 is 1.00 bits per heavy atom. The zero-order valence-corrected chi connectivity index (χ0v) is 21.4. The summed E-state index contributed by atoms with van der Waals surface area (Å²) in [6.07, 6.45) is 3.03. The van der Waals surface area contributed by atoms with Crippen molar-refractivity contribution in [2.24, 2.45) is 0 Å². The highest BCUT2D eigenvalue weighted by Gasteiger charge is 2.24. The maximum Gasteiger partial charge on any atom is 0.228 e. The quantitative estimate of drug-likeness (QED) is 0.274. The van der Waals surface area contributed by atoms with Gasteiger partial charge in [-0.1, -0.05) is 36.4 Å². The van der Waals surface area contributed by atoms with Gasteiger partial charge in [0, 0.05) is 42.3 Å². The van der Waals surface area contributed by atoms with Gasteiger partial charge in [0.2, 0.25) is 17.6 Å². The number of nitrogens with zero attached hydrogens (tertiary/aromatic N) is 4. The second-order valence-corrected chi connectivity index (χ2v) is 9.14. The highest BCUT2D eigenvalue weighted by atomic mass is 32.2. The molecular formula is C26H25F2N6O3S-. The molecule has 198 valence electrons. The topological polar surface area (TPSA) is 115 Å². The Morgan fingerprint density at radius 3 is 2.53 bits per heavy atom. The largest absolute Gasteiger partial charge is 0.760 e. The molecule has 0 saturated carbocycles. The molecule has 0 amide bonds. The number of hydrogen-bond donors (Lipinski definition) is 2. The van der Waals surface area contributed by atoms with Gasteiger partial charge in [-0.15, -0.1) is 0 Å². The fraction of sp³-hybridized carbons (Fsp3) is 0.192. The molecule has 0 saturated heterocycles. The second-order valence-electron chi connectivity index (χ2n) is 8.43. The summed E-state index contributed by atoms with van der Waals surface area (Å²) in [5.74, 6) is -2.54. The van der Waals surface area contributed by atoms with Crippen molar-refractivity contribution in [2.75, 3.05) is 32.5 Å². The predicted molar refractivity (Wildman–Crippen MR) is 139 cm³/mol. The van der Waals surface area contributed by atoms with Crippen LogP contribution in [0.15, 0.2) is 73.1 Å². The molecular weight excluding hydrogens is 514 g/mol. The van der Waals surface area contributed by atoms with Crippen LogP contribution in [-0.4, -0.2) is 55.8 Å². The van der Waals surface area contributed by atoms with E-state index in [9.17, 15) is 8.76 Å². The van der Waals surface area contributed by atoms with E-state index in [4.69, 9.17) is 4.74 Å². The Bertz CT molecular complexity index is 1410. The standard InChI is InChI=1S/C26H26F2N6O3S/c1-34(2)16-15-31-26-30-14-12-20(32-26)18-9-6-13-29-25(18)37-21-11-10-19(22(27)23(21)28)24(33-38(35)36)17-7-4-3-5-8-17/h3-14,24,33H,15-16H2,1-2H3,(H,35,36)(H,30,31,32)/p-1. The molecule has 38 heavy (non-hydrogen) atoms. The van der Waals surface area contributed by atoms with Gasteiger partial charge in [-0.3, -0.25) is 4.21 Å². The highest BCUT2D eigenvalue weighted by molar-refractivity contribution is 7.77. The molecule has 2 aromatic heterocycles. The molecule has 2 atom stereocenters. The Labute approximate surface area is 221 Å². The zero-order valence-electron chi connectivity index (χ0n) is 20.6. The van der Waals surface area contributed by atoms with Gasteiger partial charge in [-0.05, 0) is 43.9 Å². The van der Waals surface area contributed by atoms with Gasteiger partial charge in [0.15, 0.2) is 11.6 Å². The second kappa shape index (κ2) is 12.6. The van der Waals surface area contributed by atoms with Gasteiger partial charge in [-0.25, -0.2) is 24.1 Å². The average Bonchev–Trinajstić information content (AvgIpc) is 2.91. The predicted octanol–water partition coefficient (Wildman–Crippen LogP) is 4.06. The van der Waals surface area contributed by atoms with Crippen LogP contribution in [-0.2, 0) is 11.3 Å². The molecule has 12 heteroatoms. The van der Waals surface area contributed by atoms with Crippen LogP contribution < -0.4 is 14.8 Å². The van der Waals surface area contributed by atoms with Gasteiger partial charge in [0.25, 0.3) is 0 Å². The summed E-state index contributed by atoms with van der Waals surface area (Å²) in [6, 6.07) is 14.7. The third-order valence-electron chi connectivity index (χ3n) is 5.49. The lowest BCUT2D eigenvalue weighted by Crippen LogP contribution is -2.25. The van der Waals surface area contributed by atoms with Gasteiger partial charge in [0.05, 0.1) is 17.3 Å². The van der Waals surface area contributed by atoms with Crippen molar-refractivity contribution in [1.29, 1.82) is 0 Å². The van der Waals surface area contributed by atoms with Crippen LogP contribution >= 0.6 is 0 Å². The van der Waals surface area contributed by atoms with Crippen molar-refractivity contribution in [1.82, 2.24) is 24.6 Å². The summed E-state index contributed by atoms with van der Waals surface area (Å²) in [4.78, 5) is 14.9. The van der Waals surface area contributed by atoms with Gasteiger partial charge in [-0.2, -0.15) is 4.39 Å². The minimum absolute atomic E-state index is 0.00916. The molecule has 0 spiro atoms. The van der Waals surface area contributed by atoms with Gasteiger partial charge < -0.3 is 19.5 Å². The molecule has 9 nitrogen and oxygen atoms in total.